The van der Waals surface area contributed by atoms with Crippen molar-refractivity contribution in [2.24, 2.45) is 0 Å². The smallest absolute Gasteiger partial charge is 0.162 e. The number of methoxy groups -OCH3 is 1. The Hall–Kier alpha value is -1.17. The van der Waals surface area contributed by atoms with Crippen LogP contribution in [0.1, 0.15) is 18.5 Å². The highest BCUT2D eigenvalue weighted by atomic mass is 32.1. The van der Waals surface area contributed by atoms with Gasteiger partial charge in [-0.05, 0) is 25.0 Å². The lowest BCUT2D eigenvalue weighted by Gasteiger charge is -2.30. The molecule has 1 saturated heterocycles. The van der Waals surface area contributed by atoms with Crippen LogP contribution in [-0.2, 0) is 11.3 Å². The summed E-state index contributed by atoms with van der Waals surface area (Å²) in [5.41, 5.74) is 1.13. The third-order valence-corrected chi connectivity index (χ3v) is 4.44. The van der Waals surface area contributed by atoms with Gasteiger partial charge in [0.05, 0.1) is 18.1 Å². The number of rotatable bonds is 4. The summed E-state index contributed by atoms with van der Waals surface area (Å²) in [6, 6.07) is 3.85. The molecule has 0 aliphatic carbocycles. The van der Waals surface area contributed by atoms with Crippen molar-refractivity contribution in [2.45, 2.75) is 25.5 Å². The number of hydrogen-bond acceptors (Lipinski definition) is 5. The summed E-state index contributed by atoms with van der Waals surface area (Å²) in [7, 11) is 1.80. The van der Waals surface area contributed by atoms with Gasteiger partial charge in [-0.15, -0.1) is 11.3 Å². The SMILES string of the molecule is COC1CCN(Cc2csc(-c3ccco3)n2)CC1. The molecule has 0 atom stereocenters. The first-order valence-electron chi connectivity index (χ1n) is 6.58. The van der Waals surface area contributed by atoms with Gasteiger partial charge in [-0.1, -0.05) is 0 Å². The molecule has 0 spiro atoms. The zero-order chi connectivity index (χ0) is 13.1. The number of aromatic nitrogens is 1. The van der Waals surface area contributed by atoms with Gasteiger partial charge in [-0.25, -0.2) is 4.98 Å². The second kappa shape index (κ2) is 5.86. The van der Waals surface area contributed by atoms with Gasteiger partial charge in [0, 0.05) is 32.1 Å². The molecule has 0 radical (unpaired) electrons. The molecule has 2 aromatic heterocycles. The third-order valence-electron chi connectivity index (χ3n) is 3.54. The van der Waals surface area contributed by atoms with Crippen molar-refractivity contribution in [3.8, 4) is 10.8 Å². The fraction of sp³-hybridized carbons (Fsp3) is 0.500. The maximum absolute atomic E-state index is 5.39. The summed E-state index contributed by atoms with van der Waals surface area (Å²) in [5.74, 6) is 0.856. The molecule has 102 valence electrons. The first kappa shape index (κ1) is 12.8. The molecule has 0 amide bonds. The highest BCUT2D eigenvalue weighted by Gasteiger charge is 2.19. The quantitative estimate of drug-likeness (QED) is 0.861. The van der Waals surface area contributed by atoms with Crippen LogP contribution in [0.4, 0.5) is 0 Å². The predicted octanol–water partition coefficient (Wildman–Crippen LogP) is 3.01. The van der Waals surface area contributed by atoms with E-state index < -0.39 is 0 Å². The number of thiazole rings is 1. The molecule has 19 heavy (non-hydrogen) atoms. The van der Waals surface area contributed by atoms with Gasteiger partial charge in [0.25, 0.3) is 0 Å². The van der Waals surface area contributed by atoms with E-state index in [0.29, 0.717) is 6.10 Å². The third kappa shape index (κ3) is 3.05. The lowest BCUT2D eigenvalue weighted by molar-refractivity contribution is 0.0386. The van der Waals surface area contributed by atoms with Gasteiger partial charge in [0.2, 0.25) is 0 Å². The van der Waals surface area contributed by atoms with Gasteiger partial charge in [0.15, 0.2) is 10.8 Å². The molecule has 3 rings (SSSR count). The Labute approximate surface area is 117 Å². The highest BCUT2D eigenvalue weighted by molar-refractivity contribution is 7.13. The van der Waals surface area contributed by atoms with E-state index in [4.69, 9.17) is 9.15 Å². The average Bonchev–Trinajstić information content (AvgIpc) is 3.10. The van der Waals surface area contributed by atoms with E-state index in [-0.39, 0.29) is 0 Å². The molecule has 0 aromatic carbocycles. The molecule has 4 nitrogen and oxygen atoms in total. The van der Waals surface area contributed by atoms with Crippen LogP contribution in [0.3, 0.4) is 0 Å². The first-order chi connectivity index (χ1) is 9.35. The zero-order valence-electron chi connectivity index (χ0n) is 11.0. The highest BCUT2D eigenvalue weighted by Crippen LogP contribution is 2.25. The van der Waals surface area contributed by atoms with Crippen molar-refractivity contribution in [2.75, 3.05) is 20.2 Å². The van der Waals surface area contributed by atoms with E-state index >= 15 is 0 Å². The normalized spacial score (nSPS) is 17.9. The van der Waals surface area contributed by atoms with Crippen molar-refractivity contribution in [1.82, 2.24) is 9.88 Å². The van der Waals surface area contributed by atoms with Crippen LogP contribution in [0.5, 0.6) is 0 Å². The van der Waals surface area contributed by atoms with E-state index in [1.54, 1.807) is 24.7 Å². The molecule has 0 unspecified atom stereocenters. The van der Waals surface area contributed by atoms with Crippen molar-refractivity contribution in [3.63, 3.8) is 0 Å². The van der Waals surface area contributed by atoms with Crippen LogP contribution in [-0.4, -0.2) is 36.2 Å². The predicted molar refractivity (Wildman–Crippen MR) is 75.1 cm³/mol. The van der Waals surface area contributed by atoms with Crippen LogP contribution in [0.15, 0.2) is 28.2 Å². The van der Waals surface area contributed by atoms with Gasteiger partial charge >= 0.3 is 0 Å². The lowest BCUT2D eigenvalue weighted by Crippen LogP contribution is -2.36. The molecule has 1 aliphatic heterocycles. The summed E-state index contributed by atoms with van der Waals surface area (Å²) >= 11 is 1.64. The van der Waals surface area contributed by atoms with Gasteiger partial charge in [-0.3, -0.25) is 4.90 Å². The van der Waals surface area contributed by atoms with Crippen molar-refractivity contribution < 1.29 is 9.15 Å². The van der Waals surface area contributed by atoms with E-state index in [1.807, 2.05) is 12.1 Å². The van der Waals surface area contributed by atoms with Gasteiger partial charge < -0.3 is 9.15 Å². The van der Waals surface area contributed by atoms with E-state index in [0.717, 1.165) is 48.9 Å². The number of likely N-dealkylation sites (tertiary alicyclic amines) is 1. The number of furan rings is 1. The Morgan fingerprint density at radius 2 is 2.32 bits per heavy atom. The molecule has 2 aromatic rings. The topological polar surface area (TPSA) is 38.5 Å². The van der Waals surface area contributed by atoms with E-state index in [2.05, 4.69) is 15.3 Å². The standard InChI is InChI=1S/C14H18N2O2S/c1-17-12-4-6-16(7-5-12)9-11-10-19-14(15-11)13-3-2-8-18-13/h2-3,8,10,12H,4-7,9H2,1H3. The van der Waals surface area contributed by atoms with Crippen LogP contribution in [0, 0.1) is 0 Å². The van der Waals surface area contributed by atoms with Crippen LogP contribution >= 0.6 is 11.3 Å². The molecule has 0 saturated carbocycles. The van der Waals surface area contributed by atoms with Gasteiger partial charge in [0.1, 0.15) is 0 Å². The van der Waals surface area contributed by atoms with Crippen molar-refractivity contribution in [3.05, 3.63) is 29.5 Å². The molecule has 0 bridgehead atoms. The Morgan fingerprint density at radius 3 is 3.00 bits per heavy atom. The molecule has 1 aliphatic rings. The monoisotopic (exact) mass is 278 g/mol. The molecule has 1 fully saturated rings. The summed E-state index contributed by atoms with van der Waals surface area (Å²) in [6.07, 6.45) is 4.36. The molecule has 5 heteroatoms. The lowest BCUT2D eigenvalue weighted by atomic mass is 10.1. The number of piperidine rings is 1. The fourth-order valence-electron chi connectivity index (χ4n) is 2.43. The Balaban J connectivity index is 1.59. The largest absolute Gasteiger partial charge is 0.462 e. The first-order valence-corrected chi connectivity index (χ1v) is 7.46. The van der Waals surface area contributed by atoms with Crippen LogP contribution in [0.25, 0.3) is 10.8 Å². The Morgan fingerprint density at radius 1 is 1.47 bits per heavy atom. The Bertz CT molecular complexity index is 501. The Kier molecular flexibility index (Phi) is 3.96. The molecule has 3 heterocycles. The average molecular weight is 278 g/mol. The maximum atomic E-state index is 5.39. The summed E-state index contributed by atoms with van der Waals surface area (Å²) in [6.45, 7) is 3.10. The van der Waals surface area contributed by atoms with Crippen molar-refractivity contribution >= 4 is 11.3 Å². The second-order valence-corrected chi connectivity index (χ2v) is 5.69. The number of hydrogen-bond donors (Lipinski definition) is 0. The van der Waals surface area contributed by atoms with Crippen LogP contribution < -0.4 is 0 Å². The minimum atomic E-state index is 0.436. The van der Waals surface area contributed by atoms with E-state index in [1.165, 1.54) is 0 Å². The number of ether oxygens (including phenoxy) is 1. The molecular weight excluding hydrogens is 260 g/mol. The summed E-state index contributed by atoms with van der Waals surface area (Å²) in [4.78, 5) is 7.08. The summed E-state index contributed by atoms with van der Waals surface area (Å²) in [5, 5.41) is 3.09. The fourth-order valence-corrected chi connectivity index (χ4v) is 3.20. The maximum Gasteiger partial charge on any atom is 0.162 e. The minimum absolute atomic E-state index is 0.436. The van der Waals surface area contributed by atoms with Crippen LogP contribution in [0.2, 0.25) is 0 Å². The summed E-state index contributed by atoms with van der Waals surface area (Å²) < 4.78 is 10.8. The zero-order valence-corrected chi connectivity index (χ0v) is 11.9. The second-order valence-electron chi connectivity index (χ2n) is 4.83. The molecule has 0 N–H and O–H groups in total. The van der Waals surface area contributed by atoms with Crippen molar-refractivity contribution in [1.29, 1.82) is 0 Å². The molecular formula is C14H18N2O2S. The minimum Gasteiger partial charge on any atom is -0.462 e. The number of nitrogens with zero attached hydrogens (tertiary/aromatic N) is 2. The van der Waals surface area contributed by atoms with E-state index in [9.17, 15) is 0 Å². The van der Waals surface area contributed by atoms with Gasteiger partial charge in [-0.2, -0.15) is 0 Å².